The summed E-state index contributed by atoms with van der Waals surface area (Å²) in [4.78, 5) is 4.12. The van der Waals surface area contributed by atoms with Gasteiger partial charge in [-0.05, 0) is 24.3 Å². The molecule has 1 unspecified atom stereocenters. The second kappa shape index (κ2) is 5.61. The molecular weight excluding hydrogens is 234 g/mol. The number of aliphatic hydroxyl groups excluding tert-OH is 1. The quantitative estimate of drug-likeness (QED) is 0.811. The zero-order valence-corrected chi connectivity index (χ0v) is 10.0. The maximum absolute atomic E-state index is 9.27. The maximum Gasteiger partial charge on any atom is 0.223 e. The van der Waals surface area contributed by atoms with E-state index in [0.29, 0.717) is 17.5 Å². The lowest BCUT2D eigenvalue weighted by molar-refractivity contribution is 0.114. The summed E-state index contributed by atoms with van der Waals surface area (Å²) in [6.07, 6.45) is -0.649. The fourth-order valence-corrected chi connectivity index (χ4v) is 1.38. The summed E-state index contributed by atoms with van der Waals surface area (Å²) in [5.41, 5.74) is 6.13. The van der Waals surface area contributed by atoms with Crippen LogP contribution in [0.15, 0.2) is 28.8 Å². The highest BCUT2D eigenvalue weighted by molar-refractivity contribution is 5.55. The highest BCUT2D eigenvalue weighted by Crippen LogP contribution is 2.19. The molecule has 0 aliphatic carbocycles. The van der Waals surface area contributed by atoms with Crippen LogP contribution in [0.4, 0.5) is 0 Å². The van der Waals surface area contributed by atoms with Crippen LogP contribution in [0, 0.1) is 6.92 Å². The van der Waals surface area contributed by atoms with Crippen molar-refractivity contribution >= 4 is 0 Å². The van der Waals surface area contributed by atoms with Crippen LogP contribution in [0.3, 0.4) is 0 Å². The number of hydrogen-bond acceptors (Lipinski definition) is 6. The third-order valence-electron chi connectivity index (χ3n) is 2.35. The van der Waals surface area contributed by atoms with Crippen molar-refractivity contribution < 1.29 is 14.4 Å². The number of aliphatic hydroxyl groups is 1. The van der Waals surface area contributed by atoms with E-state index >= 15 is 0 Å². The zero-order valence-electron chi connectivity index (χ0n) is 10.0. The standard InChI is InChI=1S/C12H15N3O3/c1-8-14-12(15-18-8)9-2-4-11(5-3-9)17-7-10(16)6-13/h2-5,10,16H,6-7,13H2,1H3. The summed E-state index contributed by atoms with van der Waals surface area (Å²) in [5.74, 6) is 1.73. The summed E-state index contributed by atoms with van der Waals surface area (Å²) in [7, 11) is 0. The Morgan fingerprint density at radius 3 is 2.67 bits per heavy atom. The Bertz CT molecular complexity index is 496. The number of ether oxygens (including phenoxy) is 1. The molecule has 0 spiro atoms. The first-order valence-corrected chi connectivity index (χ1v) is 5.60. The fourth-order valence-electron chi connectivity index (χ4n) is 1.38. The normalized spacial score (nSPS) is 12.4. The van der Waals surface area contributed by atoms with Gasteiger partial charge in [0.2, 0.25) is 11.7 Å². The van der Waals surface area contributed by atoms with Crippen molar-refractivity contribution in [3.8, 4) is 17.1 Å². The van der Waals surface area contributed by atoms with E-state index in [-0.39, 0.29) is 13.2 Å². The van der Waals surface area contributed by atoms with E-state index in [1.165, 1.54) is 0 Å². The molecule has 6 nitrogen and oxygen atoms in total. The molecule has 0 aliphatic heterocycles. The number of benzene rings is 1. The Labute approximate surface area is 104 Å². The van der Waals surface area contributed by atoms with E-state index in [1.807, 2.05) is 12.1 Å². The number of nitrogens with two attached hydrogens (primary N) is 1. The first-order valence-electron chi connectivity index (χ1n) is 5.60. The van der Waals surface area contributed by atoms with Crippen molar-refractivity contribution in [1.29, 1.82) is 0 Å². The summed E-state index contributed by atoms with van der Waals surface area (Å²) >= 11 is 0. The molecule has 0 fully saturated rings. The van der Waals surface area contributed by atoms with E-state index in [4.69, 9.17) is 15.0 Å². The molecule has 1 atom stereocenters. The lowest BCUT2D eigenvalue weighted by Gasteiger charge is -2.10. The number of hydrogen-bond donors (Lipinski definition) is 2. The molecule has 1 aromatic carbocycles. The second-order valence-electron chi connectivity index (χ2n) is 3.86. The Kier molecular flexibility index (Phi) is 3.91. The molecule has 2 aromatic rings. The molecule has 18 heavy (non-hydrogen) atoms. The van der Waals surface area contributed by atoms with Crippen LogP contribution in [0.25, 0.3) is 11.4 Å². The predicted octanol–water partition coefficient (Wildman–Crippen LogP) is 0.743. The van der Waals surface area contributed by atoms with Gasteiger partial charge in [0.15, 0.2) is 0 Å². The van der Waals surface area contributed by atoms with Gasteiger partial charge in [-0.2, -0.15) is 4.98 Å². The summed E-state index contributed by atoms with van der Waals surface area (Å²) < 4.78 is 10.3. The molecule has 0 radical (unpaired) electrons. The lowest BCUT2D eigenvalue weighted by Crippen LogP contribution is -2.26. The minimum absolute atomic E-state index is 0.178. The van der Waals surface area contributed by atoms with Gasteiger partial charge in [0.25, 0.3) is 0 Å². The van der Waals surface area contributed by atoms with Gasteiger partial charge in [-0.15, -0.1) is 0 Å². The topological polar surface area (TPSA) is 94.4 Å². The minimum Gasteiger partial charge on any atom is -0.491 e. The molecule has 0 bridgehead atoms. The Balaban J connectivity index is 2.01. The van der Waals surface area contributed by atoms with Crippen LogP contribution >= 0.6 is 0 Å². The number of nitrogens with zero attached hydrogens (tertiary/aromatic N) is 2. The maximum atomic E-state index is 9.27. The molecular formula is C12H15N3O3. The van der Waals surface area contributed by atoms with E-state index in [9.17, 15) is 5.11 Å². The molecule has 0 saturated carbocycles. The van der Waals surface area contributed by atoms with E-state index < -0.39 is 6.10 Å². The smallest absolute Gasteiger partial charge is 0.223 e. The van der Waals surface area contributed by atoms with Crippen molar-refractivity contribution in [2.75, 3.05) is 13.2 Å². The van der Waals surface area contributed by atoms with E-state index in [1.54, 1.807) is 19.1 Å². The fraction of sp³-hybridized carbons (Fsp3) is 0.333. The monoisotopic (exact) mass is 249 g/mol. The van der Waals surface area contributed by atoms with Crippen LogP contribution in [0.1, 0.15) is 5.89 Å². The molecule has 1 heterocycles. The van der Waals surface area contributed by atoms with Crippen LogP contribution in [0.5, 0.6) is 5.75 Å². The Morgan fingerprint density at radius 1 is 1.39 bits per heavy atom. The zero-order chi connectivity index (χ0) is 13.0. The van der Waals surface area contributed by atoms with Crippen molar-refractivity contribution in [3.05, 3.63) is 30.2 Å². The van der Waals surface area contributed by atoms with Crippen molar-refractivity contribution in [2.45, 2.75) is 13.0 Å². The molecule has 96 valence electrons. The third-order valence-corrected chi connectivity index (χ3v) is 2.35. The van der Waals surface area contributed by atoms with Crippen molar-refractivity contribution in [3.63, 3.8) is 0 Å². The Morgan fingerprint density at radius 2 is 2.11 bits per heavy atom. The average molecular weight is 249 g/mol. The highest BCUT2D eigenvalue weighted by atomic mass is 16.5. The Hall–Kier alpha value is -1.92. The van der Waals surface area contributed by atoms with E-state index in [0.717, 1.165) is 5.56 Å². The SMILES string of the molecule is Cc1nc(-c2ccc(OCC(O)CN)cc2)no1. The molecule has 1 aromatic heterocycles. The van der Waals surface area contributed by atoms with Gasteiger partial charge in [0, 0.05) is 19.0 Å². The second-order valence-corrected chi connectivity index (χ2v) is 3.86. The average Bonchev–Trinajstić information content (AvgIpc) is 2.83. The van der Waals surface area contributed by atoms with Crippen LogP contribution in [-0.2, 0) is 0 Å². The van der Waals surface area contributed by atoms with Gasteiger partial charge in [-0.25, -0.2) is 0 Å². The van der Waals surface area contributed by atoms with Gasteiger partial charge in [-0.1, -0.05) is 5.16 Å². The van der Waals surface area contributed by atoms with Gasteiger partial charge in [0.05, 0.1) is 0 Å². The minimum atomic E-state index is -0.649. The van der Waals surface area contributed by atoms with Crippen LogP contribution in [0.2, 0.25) is 0 Å². The highest BCUT2D eigenvalue weighted by Gasteiger charge is 2.06. The number of rotatable bonds is 5. The van der Waals surface area contributed by atoms with Crippen LogP contribution in [-0.4, -0.2) is 34.5 Å². The summed E-state index contributed by atoms with van der Waals surface area (Å²) in [6, 6.07) is 7.22. The first-order chi connectivity index (χ1) is 8.69. The molecule has 0 aliphatic rings. The summed E-state index contributed by atoms with van der Waals surface area (Å²) in [6.45, 7) is 2.10. The molecule has 3 N–H and O–H groups in total. The van der Waals surface area contributed by atoms with Crippen molar-refractivity contribution in [2.24, 2.45) is 5.73 Å². The van der Waals surface area contributed by atoms with Gasteiger partial charge in [-0.3, -0.25) is 0 Å². The molecule has 6 heteroatoms. The first kappa shape index (κ1) is 12.5. The summed E-state index contributed by atoms with van der Waals surface area (Å²) in [5, 5.41) is 13.1. The van der Waals surface area contributed by atoms with E-state index in [2.05, 4.69) is 10.1 Å². The van der Waals surface area contributed by atoms with Gasteiger partial charge < -0.3 is 20.1 Å². The lowest BCUT2D eigenvalue weighted by atomic mass is 10.2. The molecule has 0 saturated heterocycles. The largest absolute Gasteiger partial charge is 0.491 e. The third kappa shape index (κ3) is 3.06. The van der Waals surface area contributed by atoms with Gasteiger partial charge >= 0.3 is 0 Å². The predicted molar refractivity (Wildman–Crippen MR) is 65.0 cm³/mol. The molecule has 2 rings (SSSR count). The van der Waals surface area contributed by atoms with Gasteiger partial charge in [0.1, 0.15) is 18.5 Å². The number of aryl methyl sites for hydroxylation is 1. The van der Waals surface area contributed by atoms with Crippen molar-refractivity contribution in [1.82, 2.24) is 10.1 Å². The number of aromatic nitrogens is 2. The molecule has 0 amide bonds. The van der Waals surface area contributed by atoms with Crippen LogP contribution < -0.4 is 10.5 Å².